The first kappa shape index (κ1) is 25.0. The maximum atomic E-state index is 2.59. The average Bonchev–Trinajstić information content (AvgIpc) is 2.86. The largest absolute Gasteiger partial charge is 0.221 e. The van der Waals surface area contributed by atoms with E-state index < -0.39 is 0 Å². The number of aryl methyl sites for hydroxylation is 2. The Bertz CT molecular complexity index is 1150. The zero-order valence-electron chi connectivity index (χ0n) is 22.9. The quantitative estimate of drug-likeness (QED) is 0.268. The average molecular weight is 457 g/mol. The zero-order chi connectivity index (χ0) is 24.5. The Labute approximate surface area is 208 Å². The lowest BCUT2D eigenvalue weighted by Gasteiger charge is -2.39. The van der Waals surface area contributed by atoms with Crippen LogP contribution in [0.25, 0.3) is 22.0 Å². The molecule has 1 heterocycles. The standard InChI is InChI=1S/C33H46N/c1-8-13-16-24-22-25-19-21-34(20-14-9-2)31-29(25)28(23-24)32(6,7)26-17-15-18-27(30(26)31)33(10-3,11-4)12-5/h15,17-19,21-23H,8-14,16,20H2,1-7H3/q+1. The number of nitrogens with zero attached hydrogens (tertiary/aromatic N) is 1. The number of benzene rings is 2. The maximum Gasteiger partial charge on any atom is 0.221 e. The fourth-order valence-electron chi connectivity index (χ4n) is 6.55. The van der Waals surface area contributed by atoms with E-state index in [1.54, 1.807) is 5.56 Å². The smallest absolute Gasteiger partial charge is 0.198 e. The van der Waals surface area contributed by atoms with Crippen molar-refractivity contribution in [1.82, 2.24) is 0 Å². The van der Waals surface area contributed by atoms with Gasteiger partial charge in [-0.3, -0.25) is 0 Å². The first-order valence-electron chi connectivity index (χ1n) is 14.0. The topological polar surface area (TPSA) is 3.88 Å². The molecule has 1 nitrogen and oxygen atoms in total. The van der Waals surface area contributed by atoms with Crippen LogP contribution in [0.15, 0.2) is 42.6 Å². The molecular formula is C33H46N+. The molecule has 0 saturated heterocycles. The minimum Gasteiger partial charge on any atom is -0.198 e. The lowest BCUT2D eigenvalue weighted by molar-refractivity contribution is -0.685. The van der Waals surface area contributed by atoms with Crippen LogP contribution in [0.3, 0.4) is 0 Å². The molecule has 0 fully saturated rings. The van der Waals surface area contributed by atoms with Gasteiger partial charge >= 0.3 is 0 Å². The number of hydrogen-bond donors (Lipinski definition) is 0. The van der Waals surface area contributed by atoms with Gasteiger partial charge in [-0.05, 0) is 65.2 Å². The normalized spacial score (nSPS) is 14.4. The van der Waals surface area contributed by atoms with Crippen LogP contribution in [0, 0.1) is 0 Å². The second-order valence-electron chi connectivity index (χ2n) is 11.1. The molecule has 0 radical (unpaired) electrons. The van der Waals surface area contributed by atoms with Crippen molar-refractivity contribution < 1.29 is 4.57 Å². The Hall–Kier alpha value is -2.15. The van der Waals surface area contributed by atoms with E-state index in [0.29, 0.717) is 0 Å². The summed E-state index contributed by atoms with van der Waals surface area (Å²) in [6.45, 7) is 17.8. The number of unbranched alkanes of at least 4 members (excludes halogenated alkanes) is 2. The fourth-order valence-corrected chi connectivity index (χ4v) is 6.55. The third-order valence-corrected chi connectivity index (χ3v) is 9.01. The van der Waals surface area contributed by atoms with Crippen molar-refractivity contribution in [3.05, 3.63) is 64.8 Å². The third kappa shape index (κ3) is 3.90. The van der Waals surface area contributed by atoms with Crippen molar-refractivity contribution in [3.8, 4) is 11.3 Å². The molecule has 0 unspecified atom stereocenters. The summed E-state index contributed by atoms with van der Waals surface area (Å²) in [5, 5.41) is 2.93. The highest BCUT2D eigenvalue weighted by Crippen LogP contribution is 2.52. The van der Waals surface area contributed by atoms with Gasteiger partial charge in [0.25, 0.3) is 0 Å². The number of aromatic nitrogens is 1. The van der Waals surface area contributed by atoms with E-state index in [1.807, 2.05) is 0 Å². The van der Waals surface area contributed by atoms with Crippen LogP contribution in [-0.4, -0.2) is 0 Å². The second kappa shape index (κ2) is 9.84. The third-order valence-electron chi connectivity index (χ3n) is 9.01. The molecule has 0 atom stereocenters. The number of hydrogen-bond acceptors (Lipinski definition) is 0. The Balaban J connectivity index is 2.14. The summed E-state index contributed by atoms with van der Waals surface area (Å²) in [5.74, 6) is 0. The molecule has 0 bridgehead atoms. The van der Waals surface area contributed by atoms with Gasteiger partial charge in [-0.15, -0.1) is 0 Å². The Morgan fingerprint density at radius 3 is 2.18 bits per heavy atom. The minimum absolute atomic E-state index is 0.0102. The van der Waals surface area contributed by atoms with Crippen LogP contribution >= 0.6 is 0 Å². The predicted octanol–water partition coefficient (Wildman–Crippen LogP) is 9.04. The van der Waals surface area contributed by atoms with Crippen LogP contribution in [0.5, 0.6) is 0 Å². The highest BCUT2D eigenvalue weighted by atomic mass is 15.0. The molecule has 1 heteroatoms. The molecular weight excluding hydrogens is 410 g/mol. The monoisotopic (exact) mass is 456 g/mol. The molecule has 0 saturated carbocycles. The fraction of sp³-hybridized carbons (Fsp3) is 0.545. The summed E-state index contributed by atoms with van der Waals surface area (Å²) in [6.07, 6.45) is 12.0. The molecule has 0 N–H and O–H groups in total. The number of rotatable bonds is 10. The molecule has 0 aliphatic heterocycles. The first-order valence-corrected chi connectivity index (χ1v) is 14.0. The highest BCUT2D eigenvalue weighted by Gasteiger charge is 2.42. The van der Waals surface area contributed by atoms with Crippen molar-refractivity contribution in [2.45, 2.75) is 117 Å². The second-order valence-corrected chi connectivity index (χ2v) is 11.1. The van der Waals surface area contributed by atoms with E-state index >= 15 is 0 Å². The van der Waals surface area contributed by atoms with Crippen molar-refractivity contribution >= 4 is 10.8 Å². The summed E-state index contributed by atoms with van der Waals surface area (Å²) in [7, 11) is 0. The summed E-state index contributed by atoms with van der Waals surface area (Å²) >= 11 is 0. The van der Waals surface area contributed by atoms with E-state index in [4.69, 9.17) is 0 Å². The van der Waals surface area contributed by atoms with Gasteiger partial charge in [0.05, 0.1) is 10.9 Å². The molecule has 1 aromatic heterocycles. The van der Waals surface area contributed by atoms with Crippen molar-refractivity contribution in [1.29, 1.82) is 0 Å². The summed E-state index contributed by atoms with van der Waals surface area (Å²) in [6, 6.07) is 14.6. The van der Waals surface area contributed by atoms with Gasteiger partial charge in [0.1, 0.15) is 6.54 Å². The lowest BCUT2D eigenvalue weighted by Crippen LogP contribution is -2.40. The Kier molecular flexibility index (Phi) is 7.22. The van der Waals surface area contributed by atoms with Crippen LogP contribution in [-0.2, 0) is 23.8 Å². The Morgan fingerprint density at radius 1 is 0.824 bits per heavy atom. The number of pyridine rings is 1. The summed E-state index contributed by atoms with van der Waals surface area (Å²) in [4.78, 5) is 0. The molecule has 0 spiro atoms. The van der Waals surface area contributed by atoms with Gasteiger partial charge in [-0.2, -0.15) is 4.57 Å². The van der Waals surface area contributed by atoms with Gasteiger partial charge in [0, 0.05) is 17.9 Å². The van der Waals surface area contributed by atoms with Gasteiger partial charge < -0.3 is 0 Å². The van der Waals surface area contributed by atoms with Crippen LogP contribution in [0.4, 0.5) is 0 Å². The van der Waals surface area contributed by atoms with E-state index in [-0.39, 0.29) is 10.8 Å². The van der Waals surface area contributed by atoms with Gasteiger partial charge in [0.2, 0.25) is 5.69 Å². The molecule has 182 valence electrons. The van der Waals surface area contributed by atoms with Gasteiger partial charge in [-0.25, -0.2) is 0 Å². The lowest BCUT2D eigenvalue weighted by atomic mass is 9.64. The molecule has 34 heavy (non-hydrogen) atoms. The van der Waals surface area contributed by atoms with E-state index in [2.05, 4.69) is 95.6 Å². The maximum absolute atomic E-state index is 2.59. The Morgan fingerprint density at radius 2 is 1.53 bits per heavy atom. The van der Waals surface area contributed by atoms with Gasteiger partial charge in [0.15, 0.2) is 6.20 Å². The number of fused-ring (bicyclic) bond motifs is 2. The first-order chi connectivity index (χ1) is 16.4. The molecule has 0 amide bonds. The van der Waals surface area contributed by atoms with Crippen LogP contribution < -0.4 is 4.57 Å². The van der Waals surface area contributed by atoms with E-state index in [0.717, 1.165) is 6.54 Å². The SMILES string of the molecule is CCCCc1cc2c3c([n+](CCCC)ccc3c1)-c1c(C(CC)(CC)CC)cccc1C2(C)C. The molecule has 1 aliphatic carbocycles. The molecule has 2 aromatic carbocycles. The highest BCUT2D eigenvalue weighted by molar-refractivity contribution is 6.01. The summed E-state index contributed by atoms with van der Waals surface area (Å²) in [5.41, 5.74) is 9.35. The van der Waals surface area contributed by atoms with Crippen molar-refractivity contribution in [2.75, 3.05) is 0 Å². The molecule has 1 aliphatic rings. The van der Waals surface area contributed by atoms with Crippen molar-refractivity contribution in [3.63, 3.8) is 0 Å². The van der Waals surface area contributed by atoms with Crippen molar-refractivity contribution in [2.24, 2.45) is 0 Å². The van der Waals surface area contributed by atoms with E-state index in [1.165, 1.54) is 90.1 Å². The van der Waals surface area contributed by atoms with Crippen LogP contribution in [0.1, 0.15) is 116 Å². The molecule has 4 rings (SSSR count). The molecule has 3 aromatic rings. The van der Waals surface area contributed by atoms with Crippen LogP contribution in [0.2, 0.25) is 0 Å². The van der Waals surface area contributed by atoms with Gasteiger partial charge in [-0.1, -0.05) is 91.6 Å². The predicted molar refractivity (Wildman–Crippen MR) is 148 cm³/mol. The summed E-state index contributed by atoms with van der Waals surface area (Å²) < 4.78 is 2.59. The van der Waals surface area contributed by atoms with E-state index in [9.17, 15) is 0 Å². The zero-order valence-corrected chi connectivity index (χ0v) is 22.9. The minimum atomic E-state index is -0.0102.